The number of hydrogen-bond donors (Lipinski definition) is 2. The Morgan fingerprint density at radius 3 is 2.11 bits per heavy atom. The average molecular weight is 173 g/mol. The molecule has 54 valence electrons. The number of aldehydes is 1. The highest BCUT2D eigenvalue weighted by molar-refractivity contribution is 7.53. The highest BCUT2D eigenvalue weighted by Crippen LogP contribution is 2.40. The molecule has 1 atom stereocenters. The minimum atomic E-state index is -4.28. The van der Waals surface area contributed by atoms with Crippen LogP contribution in [0.1, 0.15) is 0 Å². The monoisotopic (exact) mass is 172 g/mol. The van der Waals surface area contributed by atoms with Crippen molar-refractivity contribution >= 4 is 25.5 Å². The molecule has 0 saturated carbocycles. The Hall–Kier alpha value is 0.110. The first-order chi connectivity index (χ1) is 4.02. The van der Waals surface area contributed by atoms with E-state index in [1.165, 1.54) is 0 Å². The lowest BCUT2D eigenvalue weighted by atomic mass is 10.5. The Labute approximate surface area is 57.0 Å². The second kappa shape index (κ2) is 3.32. The van der Waals surface area contributed by atoms with E-state index in [2.05, 4.69) is 0 Å². The van der Waals surface area contributed by atoms with Gasteiger partial charge in [0.2, 0.25) is 0 Å². The summed E-state index contributed by atoms with van der Waals surface area (Å²) in [5.41, 5.74) is -1.35. The molecule has 0 spiro atoms. The van der Waals surface area contributed by atoms with Gasteiger partial charge in [0, 0.05) is 5.88 Å². The maximum absolute atomic E-state index is 10.2. The van der Waals surface area contributed by atoms with Crippen molar-refractivity contribution in [1.29, 1.82) is 0 Å². The van der Waals surface area contributed by atoms with Gasteiger partial charge in [-0.2, -0.15) is 0 Å². The minimum Gasteiger partial charge on any atom is -0.324 e. The van der Waals surface area contributed by atoms with Crippen LogP contribution in [0.15, 0.2) is 0 Å². The van der Waals surface area contributed by atoms with Crippen LogP contribution in [0.2, 0.25) is 0 Å². The van der Waals surface area contributed by atoms with Crippen molar-refractivity contribution in [2.24, 2.45) is 0 Å². The molecule has 0 rings (SSSR count). The first-order valence-corrected chi connectivity index (χ1v) is 4.30. The standard InChI is InChI=1S/C3H6ClO4P/c4-1-3(2-5)9(6,7)8/h2-3H,1H2,(H2,6,7,8). The van der Waals surface area contributed by atoms with Crippen LogP contribution in [0.3, 0.4) is 0 Å². The topological polar surface area (TPSA) is 74.6 Å². The molecule has 0 aliphatic carbocycles. The number of halogens is 1. The van der Waals surface area contributed by atoms with E-state index in [0.29, 0.717) is 0 Å². The van der Waals surface area contributed by atoms with Crippen LogP contribution in [-0.2, 0) is 9.36 Å². The Kier molecular flexibility index (Phi) is 3.36. The summed E-state index contributed by atoms with van der Waals surface area (Å²) in [5.74, 6) is -0.340. The lowest BCUT2D eigenvalue weighted by molar-refractivity contribution is -0.107. The first-order valence-electron chi connectivity index (χ1n) is 2.09. The van der Waals surface area contributed by atoms with E-state index in [1.807, 2.05) is 0 Å². The summed E-state index contributed by atoms with van der Waals surface area (Å²) >= 11 is 5.03. The van der Waals surface area contributed by atoms with Crippen molar-refractivity contribution < 1.29 is 19.1 Å². The first kappa shape index (κ1) is 9.11. The maximum Gasteiger partial charge on any atom is 0.336 e. The fourth-order valence-electron chi connectivity index (χ4n) is 0.206. The zero-order chi connectivity index (χ0) is 7.49. The molecule has 0 saturated heterocycles. The van der Waals surface area contributed by atoms with E-state index in [0.717, 1.165) is 0 Å². The molecule has 1 unspecified atom stereocenters. The van der Waals surface area contributed by atoms with Crippen LogP contribution in [0.4, 0.5) is 0 Å². The van der Waals surface area contributed by atoms with Gasteiger partial charge in [-0.05, 0) is 0 Å². The van der Waals surface area contributed by atoms with Crippen molar-refractivity contribution in [3.05, 3.63) is 0 Å². The van der Waals surface area contributed by atoms with Crippen LogP contribution in [0.5, 0.6) is 0 Å². The molecule has 0 aliphatic heterocycles. The summed E-state index contributed by atoms with van der Waals surface area (Å²) in [6.07, 6.45) is 0.160. The van der Waals surface area contributed by atoms with Gasteiger partial charge in [-0.1, -0.05) is 0 Å². The fraction of sp³-hybridized carbons (Fsp3) is 0.667. The van der Waals surface area contributed by atoms with Crippen molar-refractivity contribution in [1.82, 2.24) is 0 Å². The lowest BCUT2D eigenvalue weighted by Crippen LogP contribution is -2.11. The normalized spacial score (nSPS) is 15.0. The van der Waals surface area contributed by atoms with Gasteiger partial charge in [-0.3, -0.25) is 4.57 Å². The van der Waals surface area contributed by atoms with Crippen molar-refractivity contribution in [2.75, 3.05) is 5.88 Å². The number of carbonyl (C=O) groups is 1. The summed E-state index contributed by atoms with van der Waals surface area (Å²) in [7, 11) is -4.28. The van der Waals surface area contributed by atoms with E-state index >= 15 is 0 Å². The van der Waals surface area contributed by atoms with Crippen LogP contribution in [0, 0.1) is 0 Å². The van der Waals surface area contributed by atoms with Gasteiger partial charge in [0.25, 0.3) is 0 Å². The quantitative estimate of drug-likeness (QED) is 0.356. The van der Waals surface area contributed by atoms with Gasteiger partial charge < -0.3 is 14.6 Å². The van der Waals surface area contributed by atoms with Crippen LogP contribution in [0.25, 0.3) is 0 Å². The van der Waals surface area contributed by atoms with Crippen LogP contribution >= 0.6 is 19.2 Å². The summed E-state index contributed by atoms with van der Waals surface area (Å²) in [4.78, 5) is 26.4. The van der Waals surface area contributed by atoms with Crippen molar-refractivity contribution in [3.63, 3.8) is 0 Å². The van der Waals surface area contributed by atoms with Gasteiger partial charge in [-0.15, -0.1) is 11.6 Å². The van der Waals surface area contributed by atoms with Gasteiger partial charge in [-0.25, -0.2) is 0 Å². The highest BCUT2D eigenvalue weighted by Gasteiger charge is 2.26. The molecule has 0 aromatic heterocycles. The van der Waals surface area contributed by atoms with Gasteiger partial charge in [0.05, 0.1) is 0 Å². The number of carbonyl (C=O) groups excluding carboxylic acids is 1. The third kappa shape index (κ3) is 2.96. The Morgan fingerprint density at radius 2 is 2.11 bits per heavy atom. The molecular formula is C3H6ClO4P. The molecule has 0 amide bonds. The van der Waals surface area contributed by atoms with E-state index in [1.54, 1.807) is 0 Å². The van der Waals surface area contributed by atoms with Gasteiger partial charge in [0.1, 0.15) is 11.9 Å². The van der Waals surface area contributed by atoms with Crippen LogP contribution < -0.4 is 0 Å². The molecule has 4 nitrogen and oxygen atoms in total. The predicted octanol–water partition coefficient (Wildman–Crippen LogP) is -0.0296. The molecule has 0 aromatic carbocycles. The largest absolute Gasteiger partial charge is 0.336 e. The molecule has 0 heterocycles. The molecule has 0 aliphatic rings. The van der Waals surface area contributed by atoms with Crippen molar-refractivity contribution in [3.8, 4) is 0 Å². The second-order valence-electron chi connectivity index (χ2n) is 1.45. The summed E-state index contributed by atoms with van der Waals surface area (Å²) < 4.78 is 10.2. The SMILES string of the molecule is O=CC(CCl)P(=O)(O)O. The van der Waals surface area contributed by atoms with Crippen LogP contribution in [-0.4, -0.2) is 27.6 Å². The van der Waals surface area contributed by atoms with E-state index in [4.69, 9.17) is 21.4 Å². The predicted molar refractivity (Wildman–Crippen MR) is 32.6 cm³/mol. The molecule has 0 radical (unpaired) electrons. The van der Waals surface area contributed by atoms with E-state index in [-0.39, 0.29) is 12.2 Å². The Balaban J connectivity index is 4.12. The van der Waals surface area contributed by atoms with Crippen molar-refractivity contribution in [2.45, 2.75) is 5.66 Å². The maximum atomic E-state index is 10.2. The summed E-state index contributed by atoms with van der Waals surface area (Å²) in [6, 6.07) is 0. The zero-order valence-corrected chi connectivity index (χ0v) is 6.05. The molecule has 9 heavy (non-hydrogen) atoms. The molecule has 2 N–H and O–H groups in total. The highest BCUT2D eigenvalue weighted by atomic mass is 35.5. The summed E-state index contributed by atoms with van der Waals surface area (Å²) in [5, 5.41) is 0. The fourth-order valence-corrected chi connectivity index (χ4v) is 1.16. The molecule has 6 heteroatoms. The van der Waals surface area contributed by atoms with Gasteiger partial charge in [0.15, 0.2) is 0 Å². The number of alkyl halides is 1. The van der Waals surface area contributed by atoms with E-state index in [9.17, 15) is 9.36 Å². The Morgan fingerprint density at radius 1 is 1.67 bits per heavy atom. The molecule has 0 fully saturated rings. The molecular weight excluding hydrogens is 166 g/mol. The van der Waals surface area contributed by atoms with E-state index < -0.39 is 13.3 Å². The summed E-state index contributed by atoms with van der Waals surface area (Å²) in [6.45, 7) is 0. The third-order valence-electron chi connectivity index (χ3n) is 0.747. The average Bonchev–Trinajstić information content (AvgIpc) is 1.65. The number of rotatable bonds is 3. The minimum absolute atomic E-state index is 0.160. The lowest BCUT2D eigenvalue weighted by Gasteiger charge is -2.06. The number of hydrogen-bond acceptors (Lipinski definition) is 2. The zero-order valence-electron chi connectivity index (χ0n) is 4.40. The Bertz CT molecular complexity index is 141. The molecule has 0 bridgehead atoms. The van der Waals surface area contributed by atoms with Gasteiger partial charge >= 0.3 is 7.60 Å². The third-order valence-corrected chi connectivity index (χ3v) is 2.46. The molecule has 0 aromatic rings. The second-order valence-corrected chi connectivity index (χ2v) is 3.60. The smallest absolute Gasteiger partial charge is 0.324 e.